The zero-order chi connectivity index (χ0) is 25.1. The summed E-state index contributed by atoms with van der Waals surface area (Å²) in [6.07, 6.45) is 4.36. The summed E-state index contributed by atoms with van der Waals surface area (Å²) in [5.41, 5.74) is 3.34. The van der Waals surface area contributed by atoms with Crippen molar-refractivity contribution in [2.24, 2.45) is 0 Å². The molecule has 2 aromatic carbocycles. The Kier molecular flexibility index (Phi) is 6.73. The van der Waals surface area contributed by atoms with Crippen LogP contribution in [0, 0.1) is 0 Å². The second-order valence-electron chi connectivity index (χ2n) is 8.46. The van der Waals surface area contributed by atoms with Crippen LogP contribution >= 0.6 is 11.6 Å². The van der Waals surface area contributed by atoms with Gasteiger partial charge in [0.2, 0.25) is 5.88 Å². The summed E-state index contributed by atoms with van der Waals surface area (Å²) in [7, 11) is 1.57. The molecule has 0 saturated carbocycles. The third-order valence-electron chi connectivity index (χ3n) is 6.03. The molecule has 0 bridgehead atoms. The quantitative estimate of drug-likeness (QED) is 0.315. The molecule has 0 saturated heterocycles. The fraction of sp³-hybridized carbons (Fsp3) is 0.179. The van der Waals surface area contributed by atoms with E-state index in [9.17, 15) is 4.79 Å². The smallest absolute Gasteiger partial charge is 0.256 e. The molecule has 1 amide bonds. The Morgan fingerprint density at radius 1 is 1.03 bits per heavy atom. The highest BCUT2D eigenvalue weighted by atomic mass is 35.5. The standard InChI is InChI=1S/C28H24ClN3O4/c1-17-11-12-35-24-14-25(23(29)13-22(17)24)36-21-7-3-18(4-8-21)28(33)32-26-9-5-19(15-30-26)20-6-10-27(34-2)31-16-20/h3-10,13-17H,11-12H2,1-2H3,(H,30,32,33). The van der Waals surface area contributed by atoms with Crippen molar-refractivity contribution in [3.05, 3.63) is 89.2 Å². The van der Waals surface area contributed by atoms with Crippen LogP contribution in [0.2, 0.25) is 5.02 Å². The number of anilines is 1. The van der Waals surface area contributed by atoms with E-state index in [2.05, 4.69) is 22.2 Å². The molecule has 1 N–H and O–H groups in total. The molecular formula is C28H24ClN3O4. The molecule has 1 atom stereocenters. The van der Waals surface area contributed by atoms with Crippen molar-refractivity contribution in [2.75, 3.05) is 19.0 Å². The number of carbonyl (C=O) groups excluding carboxylic acids is 1. The van der Waals surface area contributed by atoms with E-state index in [1.807, 2.05) is 24.3 Å². The molecular weight excluding hydrogens is 478 g/mol. The lowest BCUT2D eigenvalue weighted by Gasteiger charge is -2.24. The second-order valence-corrected chi connectivity index (χ2v) is 8.87. The number of methoxy groups -OCH3 is 1. The maximum absolute atomic E-state index is 12.7. The predicted molar refractivity (Wildman–Crippen MR) is 138 cm³/mol. The normalized spacial score (nSPS) is 14.4. The van der Waals surface area contributed by atoms with E-state index in [0.29, 0.717) is 46.3 Å². The summed E-state index contributed by atoms with van der Waals surface area (Å²) in [5.74, 6) is 2.98. The number of nitrogens with one attached hydrogen (secondary N) is 1. The molecule has 0 fully saturated rings. The van der Waals surface area contributed by atoms with E-state index >= 15 is 0 Å². The van der Waals surface area contributed by atoms with E-state index in [4.69, 9.17) is 25.8 Å². The Hall–Kier alpha value is -4.10. The van der Waals surface area contributed by atoms with Crippen LogP contribution in [-0.4, -0.2) is 29.6 Å². The molecule has 5 rings (SSSR count). The van der Waals surface area contributed by atoms with Crippen molar-refractivity contribution < 1.29 is 19.0 Å². The van der Waals surface area contributed by atoms with Gasteiger partial charge in [0, 0.05) is 41.2 Å². The average Bonchev–Trinajstić information content (AvgIpc) is 2.91. The maximum atomic E-state index is 12.7. The molecule has 0 radical (unpaired) electrons. The largest absolute Gasteiger partial charge is 0.493 e. The van der Waals surface area contributed by atoms with Crippen LogP contribution in [0.15, 0.2) is 73.1 Å². The van der Waals surface area contributed by atoms with Crippen LogP contribution in [0.3, 0.4) is 0 Å². The molecule has 1 aliphatic heterocycles. The first-order chi connectivity index (χ1) is 17.5. The number of hydrogen-bond donors (Lipinski definition) is 1. The van der Waals surface area contributed by atoms with Crippen molar-refractivity contribution in [2.45, 2.75) is 19.3 Å². The summed E-state index contributed by atoms with van der Waals surface area (Å²) in [5, 5.41) is 3.33. The van der Waals surface area contributed by atoms with Gasteiger partial charge in [-0.15, -0.1) is 0 Å². The number of halogens is 1. The van der Waals surface area contributed by atoms with Gasteiger partial charge in [0.05, 0.1) is 18.7 Å². The van der Waals surface area contributed by atoms with Gasteiger partial charge < -0.3 is 19.5 Å². The van der Waals surface area contributed by atoms with E-state index in [-0.39, 0.29) is 5.91 Å². The zero-order valence-electron chi connectivity index (χ0n) is 19.8. The number of fused-ring (bicyclic) bond motifs is 1. The number of rotatable bonds is 6. The maximum Gasteiger partial charge on any atom is 0.256 e. The summed E-state index contributed by atoms with van der Waals surface area (Å²) < 4.78 is 16.8. The Labute approximate surface area is 214 Å². The minimum Gasteiger partial charge on any atom is -0.493 e. The molecule has 182 valence electrons. The van der Waals surface area contributed by atoms with Crippen molar-refractivity contribution in [1.29, 1.82) is 0 Å². The summed E-state index contributed by atoms with van der Waals surface area (Å²) >= 11 is 6.45. The van der Waals surface area contributed by atoms with E-state index in [0.717, 1.165) is 28.9 Å². The Morgan fingerprint density at radius 2 is 1.78 bits per heavy atom. The van der Waals surface area contributed by atoms with Gasteiger partial charge in [-0.25, -0.2) is 9.97 Å². The Morgan fingerprint density at radius 3 is 2.44 bits per heavy atom. The van der Waals surface area contributed by atoms with Crippen LogP contribution in [0.25, 0.3) is 11.1 Å². The number of carbonyl (C=O) groups is 1. The van der Waals surface area contributed by atoms with E-state index in [1.165, 1.54) is 0 Å². The lowest BCUT2D eigenvalue weighted by atomic mass is 9.95. The fourth-order valence-electron chi connectivity index (χ4n) is 3.94. The van der Waals surface area contributed by atoms with Gasteiger partial charge in [-0.1, -0.05) is 18.5 Å². The van der Waals surface area contributed by atoms with Gasteiger partial charge in [-0.3, -0.25) is 4.79 Å². The third kappa shape index (κ3) is 5.11. The number of nitrogens with zero attached hydrogens (tertiary/aromatic N) is 2. The lowest BCUT2D eigenvalue weighted by molar-refractivity contribution is 0.102. The SMILES string of the molecule is COc1ccc(-c2ccc(NC(=O)c3ccc(Oc4cc5c(cc4Cl)C(C)CCO5)cc3)nc2)cn1. The first-order valence-corrected chi connectivity index (χ1v) is 11.9. The number of amides is 1. The molecule has 36 heavy (non-hydrogen) atoms. The summed E-state index contributed by atoms with van der Waals surface area (Å²) in [4.78, 5) is 21.2. The van der Waals surface area contributed by atoms with Crippen molar-refractivity contribution in [3.63, 3.8) is 0 Å². The van der Waals surface area contributed by atoms with Gasteiger partial charge in [-0.05, 0) is 66.4 Å². The van der Waals surface area contributed by atoms with Crippen LogP contribution in [0.4, 0.5) is 5.82 Å². The molecule has 1 aliphatic rings. The number of hydrogen-bond acceptors (Lipinski definition) is 6. The second kappa shape index (κ2) is 10.3. The van der Waals surface area contributed by atoms with Crippen LogP contribution in [0.5, 0.6) is 23.1 Å². The molecule has 2 aromatic heterocycles. The number of pyridine rings is 2. The highest BCUT2D eigenvalue weighted by Gasteiger charge is 2.20. The summed E-state index contributed by atoms with van der Waals surface area (Å²) in [6, 6.07) is 17.9. The van der Waals surface area contributed by atoms with E-state index < -0.39 is 0 Å². The van der Waals surface area contributed by atoms with Crippen LogP contribution < -0.4 is 19.5 Å². The third-order valence-corrected chi connectivity index (χ3v) is 6.33. The van der Waals surface area contributed by atoms with Crippen molar-refractivity contribution >= 4 is 23.3 Å². The molecule has 7 nitrogen and oxygen atoms in total. The lowest BCUT2D eigenvalue weighted by Crippen LogP contribution is -2.12. The molecule has 4 aromatic rings. The van der Waals surface area contributed by atoms with Gasteiger partial charge >= 0.3 is 0 Å². The van der Waals surface area contributed by atoms with Gasteiger partial charge in [0.1, 0.15) is 23.1 Å². The molecule has 8 heteroatoms. The minimum absolute atomic E-state index is 0.276. The average molecular weight is 502 g/mol. The van der Waals surface area contributed by atoms with Crippen molar-refractivity contribution in [1.82, 2.24) is 9.97 Å². The number of aromatic nitrogens is 2. The summed E-state index contributed by atoms with van der Waals surface area (Å²) in [6.45, 7) is 2.83. The van der Waals surface area contributed by atoms with Gasteiger partial charge in [0.15, 0.2) is 0 Å². The first-order valence-electron chi connectivity index (χ1n) is 11.5. The van der Waals surface area contributed by atoms with E-state index in [1.54, 1.807) is 55.9 Å². The van der Waals surface area contributed by atoms with Crippen LogP contribution in [0.1, 0.15) is 35.2 Å². The highest BCUT2D eigenvalue weighted by Crippen LogP contribution is 2.41. The number of benzene rings is 2. The van der Waals surface area contributed by atoms with Gasteiger partial charge in [-0.2, -0.15) is 0 Å². The fourth-order valence-corrected chi connectivity index (χ4v) is 4.15. The number of ether oxygens (including phenoxy) is 3. The first kappa shape index (κ1) is 23.6. The minimum atomic E-state index is -0.276. The van der Waals surface area contributed by atoms with Crippen molar-refractivity contribution in [3.8, 4) is 34.3 Å². The Bertz CT molecular complexity index is 1370. The monoisotopic (exact) mass is 501 g/mol. The molecule has 3 heterocycles. The highest BCUT2D eigenvalue weighted by molar-refractivity contribution is 6.32. The van der Waals surface area contributed by atoms with Crippen LogP contribution in [-0.2, 0) is 0 Å². The molecule has 0 spiro atoms. The molecule has 1 unspecified atom stereocenters. The topological polar surface area (TPSA) is 82.6 Å². The predicted octanol–water partition coefficient (Wildman–Crippen LogP) is 6.74. The van der Waals surface area contributed by atoms with Gasteiger partial charge in [0.25, 0.3) is 5.91 Å². The Balaban J connectivity index is 1.23. The zero-order valence-corrected chi connectivity index (χ0v) is 20.6. The molecule has 0 aliphatic carbocycles.